The predicted octanol–water partition coefficient (Wildman–Crippen LogP) is 3.09. The number of hydrogen-bond donors (Lipinski definition) is 2. The molecule has 1 aliphatic rings. The lowest BCUT2D eigenvalue weighted by Crippen LogP contribution is -2.32. The maximum atomic E-state index is 12.2. The Labute approximate surface area is 151 Å². The van der Waals surface area contributed by atoms with Gasteiger partial charge in [0.15, 0.2) is 0 Å². The molecule has 0 spiro atoms. The molecule has 7 heteroatoms. The number of amides is 1. The second-order valence-electron chi connectivity index (χ2n) is 5.89. The number of nitrogens with one attached hydrogen (secondary N) is 2. The van der Waals surface area contributed by atoms with E-state index in [-0.39, 0.29) is 5.91 Å². The fourth-order valence-corrected chi connectivity index (χ4v) is 3.47. The predicted molar refractivity (Wildman–Crippen MR) is 95.9 cm³/mol. The first-order chi connectivity index (χ1) is 11.6. The monoisotopic (exact) mass is 366 g/mol. The molecule has 3 rings (SSSR count). The Bertz CT molecular complexity index is 690. The summed E-state index contributed by atoms with van der Waals surface area (Å²) < 4.78 is 1.88. The molecule has 2 N–H and O–H groups in total. The summed E-state index contributed by atoms with van der Waals surface area (Å²) >= 11 is 12.3. The smallest absolute Gasteiger partial charge is 0.271 e. The number of hydrogen-bond acceptors (Lipinski definition) is 3. The molecular weight excluding hydrogens is 347 g/mol. The third-order valence-electron chi connectivity index (χ3n) is 4.21. The van der Waals surface area contributed by atoms with Crippen LogP contribution in [0.5, 0.6) is 0 Å². The summed E-state index contributed by atoms with van der Waals surface area (Å²) in [6, 6.07) is 7.48. The van der Waals surface area contributed by atoms with Gasteiger partial charge in [0.1, 0.15) is 5.69 Å². The normalized spacial score (nSPS) is 17.7. The average Bonchev–Trinajstić information content (AvgIpc) is 3.08. The molecule has 2 heterocycles. The molecule has 1 aromatic carbocycles. The van der Waals surface area contributed by atoms with Gasteiger partial charge in [-0.2, -0.15) is 5.10 Å². The first kappa shape index (κ1) is 17.3. The standard InChI is InChI=1S/C17H20Cl2N4O/c18-14-4-1-5-15(19)13(14)6-9-21-17(24)16-7-10-23(22-16)12-3-2-8-20-11-12/h1,4-5,7,10,12,20H,2-3,6,8-9,11H2,(H,21,24). The van der Waals surface area contributed by atoms with Crippen molar-refractivity contribution in [1.82, 2.24) is 20.4 Å². The first-order valence-electron chi connectivity index (χ1n) is 8.12. The van der Waals surface area contributed by atoms with E-state index in [1.807, 2.05) is 10.9 Å². The van der Waals surface area contributed by atoms with Crippen molar-refractivity contribution in [1.29, 1.82) is 0 Å². The van der Waals surface area contributed by atoms with Gasteiger partial charge in [-0.05, 0) is 49.6 Å². The molecule has 1 fully saturated rings. The number of nitrogens with zero attached hydrogens (tertiary/aromatic N) is 2. The quantitative estimate of drug-likeness (QED) is 0.854. The number of carbonyl (C=O) groups is 1. The van der Waals surface area contributed by atoms with Crippen LogP contribution in [0.3, 0.4) is 0 Å². The minimum Gasteiger partial charge on any atom is -0.350 e. The van der Waals surface area contributed by atoms with E-state index in [2.05, 4.69) is 15.7 Å². The third-order valence-corrected chi connectivity index (χ3v) is 4.92. The van der Waals surface area contributed by atoms with Crippen molar-refractivity contribution in [2.24, 2.45) is 0 Å². The summed E-state index contributed by atoms with van der Waals surface area (Å²) in [6.07, 6.45) is 4.67. The Balaban J connectivity index is 1.54. The van der Waals surface area contributed by atoms with Crippen LogP contribution in [0.4, 0.5) is 0 Å². The van der Waals surface area contributed by atoms with Crippen LogP contribution in [0, 0.1) is 0 Å². The van der Waals surface area contributed by atoms with Crippen molar-refractivity contribution in [2.45, 2.75) is 25.3 Å². The molecule has 1 amide bonds. The van der Waals surface area contributed by atoms with Crippen LogP contribution >= 0.6 is 23.2 Å². The summed E-state index contributed by atoms with van der Waals surface area (Å²) in [6.45, 7) is 2.41. The molecule has 0 bridgehead atoms. The Morgan fingerprint density at radius 1 is 1.33 bits per heavy atom. The summed E-state index contributed by atoms with van der Waals surface area (Å²) in [5, 5.41) is 11.9. The van der Waals surface area contributed by atoms with Gasteiger partial charge in [0, 0.05) is 29.3 Å². The molecule has 0 aliphatic carbocycles. The minimum atomic E-state index is -0.180. The van der Waals surface area contributed by atoms with E-state index in [0.29, 0.717) is 34.7 Å². The van der Waals surface area contributed by atoms with Crippen LogP contribution in [0.2, 0.25) is 10.0 Å². The number of rotatable bonds is 5. The number of halogens is 2. The van der Waals surface area contributed by atoms with Gasteiger partial charge in [-0.3, -0.25) is 9.48 Å². The molecule has 1 aromatic heterocycles. The van der Waals surface area contributed by atoms with Gasteiger partial charge in [0.2, 0.25) is 0 Å². The van der Waals surface area contributed by atoms with Crippen molar-refractivity contribution in [3.05, 3.63) is 51.8 Å². The maximum absolute atomic E-state index is 12.2. The molecule has 5 nitrogen and oxygen atoms in total. The minimum absolute atomic E-state index is 0.180. The van der Waals surface area contributed by atoms with E-state index in [1.165, 1.54) is 0 Å². The number of carbonyl (C=O) groups excluding carboxylic acids is 1. The molecule has 0 radical (unpaired) electrons. The Kier molecular flexibility index (Phi) is 5.76. The van der Waals surface area contributed by atoms with Crippen molar-refractivity contribution in [2.75, 3.05) is 19.6 Å². The molecule has 1 aliphatic heterocycles. The van der Waals surface area contributed by atoms with Crippen LogP contribution in [0.1, 0.15) is 34.9 Å². The molecule has 128 valence electrons. The van der Waals surface area contributed by atoms with Gasteiger partial charge in [-0.15, -0.1) is 0 Å². The van der Waals surface area contributed by atoms with Crippen molar-refractivity contribution < 1.29 is 4.79 Å². The van der Waals surface area contributed by atoms with Crippen LogP contribution in [0.25, 0.3) is 0 Å². The van der Waals surface area contributed by atoms with Crippen molar-refractivity contribution in [3.8, 4) is 0 Å². The largest absolute Gasteiger partial charge is 0.350 e. The van der Waals surface area contributed by atoms with E-state index in [1.54, 1.807) is 24.3 Å². The van der Waals surface area contributed by atoms with E-state index in [9.17, 15) is 4.79 Å². The second-order valence-corrected chi connectivity index (χ2v) is 6.70. The molecule has 0 saturated carbocycles. The van der Waals surface area contributed by atoms with E-state index >= 15 is 0 Å². The fraction of sp³-hybridized carbons (Fsp3) is 0.412. The van der Waals surface area contributed by atoms with Crippen LogP contribution in [-0.2, 0) is 6.42 Å². The zero-order valence-electron chi connectivity index (χ0n) is 13.3. The number of benzene rings is 1. The van der Waals surface area contributed by atoms with Crippen molar-refractivity contribution in [3.63, 3.8) is 0 Å². The SMILES string of the molecule is O=C(NCCc1c(Cl)cccc1Cl)c1ccn(C2CCCNC2)n1. The van der Waals surface area contributed by atoms with Gasteiger partial charge in [0.05, 0.1) is 6.04 Å². The summed E-state index contributed by atoms with van der Waals surface area (Å²) in [5.74, 6) is -0.180. The highest BCUT2D eigenvalue weighted by atomic mass is 35.5. The highest BCUT2D eigenvalue weighted by Gasteiger charge is 2.17. The molecule has 24 heavy (non-hydrogen) atoms. The average molecular weight is 367 g/mol. The topological polar surface area (TPSA) is 59.0 Å². The lowest BCUT2D eigenvalue weighted by atomic mass is 10.1. The Morgan fingerprint density at radius 2 is 2.12 bits per heavy atom. The Morgan fingerprint density at radius 3 is 2.83 bits per heavy atom. The van der Waals surface area contributed by atoms with E-state index < -0.39 is 0 Å². The van der Waals surface area contributed by atoms with E-state index in [4.69, 9.17) is 23.2 Å². The van der Waals surface area contributed by atoms with E-state index in [0.717, 1.165) is 31.5 Å². The first-order valence-corrected chi connectivity index (χ1v) is 8.87. The van der Waals surface area contributed by atoms with Crippen LogP contribution in [0.15, 0.2) is 30.5 Å². The summed E-state index contributed by atoms with van der Waals surface area (Å²) in [4.78, 5) is 12.2. The van der Waals surface area contributed by atoms with Gasteiger partial charge in [-0.25, -0.2) is 0 Å². The molecule has 1 atom stereocenters. The maximum Gasteiger partial charge on any atom is 0.271 e. The van der Waals surface area contributed by atoms with Gasteiger partial charge < -0.3 is 10.6 Å². The number of aromatic nitrogens is 2. The molecular formula is C17H20Cl2N4O. The molecule has 1 saturated heterocycles. The summed E-state index contributed by atoms with van der Waals surface area (Å²) in [5.41, 5.74) is 1.28. The molecule has 1 unspecified atom stereocenters. The zero-order valence-corrected chi connectivity index (χ0v) is 14.8. The lowest BCUT2D eigenvalue weighted by Gasteiger charge is -2.22. The van der Waals surface area contributed by atoms with Crippen molar-refractivity contribution >= 4 is 29.1 Å². The van der Waals surface area contributed by atoms with Gasteiger partial charge in [-0.1, -0.05) is 29.3 Å². The lowest BCUT2D eigenvalue weighted by molar-refractivity contribution is 0.0947. The third kappa shape index (κ3) is 4.09. The van der Waals surface area contributed by atoms with Gasteiger partial charge in [0.25, 0.3) is 5.91 Å². The highest BCUT2D eigenvalue weighted by Crippen LogP contribution is 2.24. The van der Waals surface area contributed by atoms with Gasteiger partial charge >= 0.3 is 0 Å². The van der Waals surface area contributed by atoms with Crippen LogP contribution < -0.4 is 10.6 Å². The highest BCUT2D eigenvalue weighted by molar-refractivity contribution is 6.36. The Hall–Kier alpha value is -1.56. The zero-order chi connectivity index (χ0) is 16.9. The second kappa shape index (κ2) is 8.01. The molecule has 2 aromatic rings. The summed E-state index contributed by atoms with van der Waals surface area (Å²) in [7, 11) is 0. The number of piperidine rings is 1. The fourth-order valence-electron chi connectivity index (χ4n) is 2.88. The van der Waals surface area contributed by atoms with Crippen LogP contribution in [-0.4, -0.2) is 35.3 Å².